The molecule has 0 aromatic heterocycles. The number of hydrogen-bond donors (Lipinski definition) is 1. The largest absolute Gasteiger partial charge is 0.469 e. The van der Waals surface area contributed by atoms with E-state index in [9.17, 15) is 14.0 Å². The van der Waals surface area contributed by atoms with Crippen molar-refractivity contribution in [2.75, 3.05) is 7.11 Å². The van der Waals surface area contributed by atoms with Gasteiger partial charge in [0.15, 0.2) is 0 Å². The molecule has 0 aliphatic heterocycles. The first-order chi connectivity index (χ1) is 12.0. The second kappa shape index (κ2) is 9.18. The van der Waals surface area contributed by atoms with Crippen LogP contribution >= 0.6 is 11.6 Å². The van der Waals surface area contributed by atoms with Crippen LogP contribution in [-0.4, -0.2) is 19.0 Å². The topological polar surface area (TPSA) is 55.4 Å². The van der Waals surface area contributed by atoms with Crippen LogP contribution in [0.15, 0.2) is 48.5 Å². The predicted octanol–water partition coefficient (Wildman–Crippen LogP) is 3.83. The Morgan fingerprint density at radius 1 is 1.16 bits per heavy atom. The lowest BCUT2D eigenvalue weighted by Gasteiger charge is -2.18. The molecule has 4 nitrogen and oxygen atoms in total. The second-order valence-electron chi connectivity index (χ2n) is 5.54. The van der Waals surface area contributed by atoms with Gasteiger partial charge in [-0.3, -0.25) is 9.59 Å². The van der Waals surface area contributed by atoms with E-state index in [-0.39, 0.29) is 24.6 Å². The molecule has 1 amide bonds. The van der Waals surface area contributed by atoms with E-state index in [0.717, 1.165) is 5.56 Å². The second-order valence-corrected chi connectivity index (χ2v) is 5.95. The van der Waals surface area contributed by atoms with E-state index in [4.69, 9.17) is 11.6 Å². The van der Waals surface area contributed by atoms with Gasteiger partial charge in [0, 0.05) is 11.4 Å². The molecule has 132 valence electrons. The molecule has 2 aromatic rings. The number of halogens is 2. The molecule has 0 saturated heterocycles. The SMILES string of the molecule is COC(=O)CC(NC(=O)CCc1ccccc1Cl)c1ccc(F)cc1. The molecule has 6 heteroatoms. The minimum absolute atomic E-state index is 0.0278. The molecule has 0 fully saturated rings. The summed E-state index contributed by atoms with van der Waals surface area (Å²) in [7, 11) is 1.28. The van der Waals surface area contributed by atoms with Crippen LogP contribution in [-0.2, 0) is 20.7 Å². The summed E-state index contributed by atoms with van der Waals surface area (Å²) < 4.78 is 17.8. The highest BCUT2D eigenvalue weighted by Crippen LogP contribution is 2.20. The summed E-state index contributed by atoms with van der Waals surface area (Å²) >= 11 is 6.08. The van der Waals surface area contributed by atoms with Crippen LogP contribution in [0.25, 0.3) is 0 Å². The van der Waals surface area contributed by atoms with Crippen molar-refractivity contribution in [1.29, 1.82) is 0 Å². The molecule has 0 saturated carbocycles. The summed E-state index contributed by atoms with van der Waals surface area (Å²) in [6, 6.07) is 12.4. The molecule has 1 N–H and O–H groups in total. The van der Waals surface area contributed by atoms with Gasteiger partial charge in [-0.1, -0.05) is 41.9 Å². The molecule has 2 rings (SSSR count). The number of ether oxygens (including phenoxy) is 1. The number of carbonyl (C=O) groups is 2. The Labute approximate surface area is 150 Å². The van der Waals surface area contributed by atoms with Gasteiger partial charge >= 0.3 is 5.97 Å². The summed E-state index contributed by atoms with van der Waals surface area (Å²) in [6.07, 6.45) is 0.683. The first kappa shape index (κ1) is 18.9. The zero-order chi connectivity index (χ0) is 18.2. The smallest absolute Gasteiger partial charge is 0.307 e. The van der Waals surface area contributed by atoms with Crippen molar-refractivity contribution < 1.29 is 18.7 Å². The molecule has 0 bridgehead atoms. The standard InChI is InChI=1S/C19H19ClFNO3/c1-25-19(24)12-17(14-6-9-15(21)10-7-14)22-18(23)11-8-13-4-2-3-5-16(13)20/h2-7,9-10,17H,8,11-12H2,1H3,(H,22,23). The first-order valence-electron chi connectivity index (χ1n) is 7.84. The zero-order valence-corrected chi connectivity index (χ0v) is 14.6. The van der Waals surface area contributed by atoms with Gasteiger partial charge in [0.2, 0.25) is 5.91 Å². The summed E-state index contributed by atoms with van der Waals surface area (Å²) in [4.78, 5) is 23.9. The Bertz CT molecular complexity index is 734. The fourth-order valence-corrected chi connectivity index (χ4v) is 2.64. The van der Waals surface area contributed by atoms with Crippen LogP contribution in [0.4, 0.5) is 4.39 Å². The van der Waals surface area contributed by atoms with Crippen LogP contribution < -0.4 is 5.32 Å². The Kier molecular flexibility index (Phi) is 6.95. The van der Waals surface area contributed by atoms with Crippen molar-refractivity contribution in [1.82, 2.24) is 5.32 Å². The van der Waals surface area contributed by atoms with Gasteiger partial charge < -0.3 is 10.1 Å². The highest BCUT2D eigenvalue weighted by molar-refractivity contribution is 6.31. The third kappa shape index (κ3) is 5.87. The monoisotopic (exact) mass is 363 g/mol. The van der Waals surface area contributed by atoms with Crippen molar-refractivity contribution in [3.63, 3.8) is 0 Å². The highest BCUT2D eigenvalue weighted by Gasteiger charge is 2.19. The Morgan fingerprint density at radius 3 is 2.48 bits per heavy atom. The third-order valence-corrected chi connectivity index (χ3v) is 4.15. The van der Waals surface area contributed by atoms with Gasteiger partial charge in [0.1, 0.15) is 5.82 Å². The van der Waals surface area contributed by atoms with Crippen molar-refractivity contribution in [2.24, 2.45) is 0 Å². The fraction of sp³-hybridized carbons (Fsp3) is 0.263. The van der Waals surface area contributed by atoms with Crippen LogP contribution in [0.2, 0.25) is 5.02 Å². The van der Waals surface area contributed by atoms with Crippen LogP contribution in [0.3, 0.4) is 0 Å². The number of benzene rings is 2. The maximum Gasteiger partial charge on any atom is 0.307 e. The van der Waals surface area contributed by atoms with Gasteiger partial charge in [-0.2, -0.15) is 0 Å². The number of rotatable bonds is 7. The maximum absolute atomic E-state index is 13.1. The molecule has 1 unspecified atom stereocenters. The number of amides is 1. The summed E-state index contributed by atoms with van der Waals surface area (Å²) in [6.45, 7) is 0. The van der Waals surface area contributed by atoms with Crippen LogP contribution in [0.1, 0.15) is 30.0 Å². The predicted molar refractivity (Wildman–Crippen MR) is 93.7 cm³/mol. The van der Waals surface area contributed by atoms with Gasteiger partial charge in [-0.25, -0.2) is 4.39 Å². The molecular weight excluding hydrogens is 345 g/mol. The van der Waals surface area contributed by atoms with Crippen LogP contribution in [0.5, 0.6) is 0 Å². The highest BCUT2D eigenvalue weighted by atomic mass is 35.5. The van der Waals surface area contributed by atoms with E-state index >= 15 is 0 Å². The van der Waals surface area contributed by atoms with E-state index < -0.39 is 12.0 Å². The average molecular weight is 364 g/mol. The van der Waals surface area contributed by atoms with Crippen LogP contribution in [0, 0.1) is 5.82 Å². The number of esters is 1. The Hall–Kier alpha value is -2.40. The maximum atomic E-state index is 13.1. The van der Waals surface area contributed by atoms with Gasteiger partial charge in [0.25, 0.3) is 0 Å². The van der Waals surface area contributed by atoms with E-state index in [1.54, 1.807) is 6.07 Å². The lowest BCUT2D eigenvalue weighted by Crippen LogP contribution is -2.30. The van der Waals surface area contributed by atoms with Crippen molar-refractivity contribution in [2.45, 2.75) is 25.3 Å². The minimum atomic E-state index is -0.577. The van der Waals surface area contributed by atoms with E-state index in [2.05, 4.69) is 10.1 Å². The number of aryl methyl sites for hydroxylation is 1. The van der Waals surface area contributed by atoms with Gasteiger partial charge in [-0.05, 0) is 35.7 Å². The minimum Gasteiger partial charge on any atom is -0.469 e. The number of hydrogen-bond acceptors (Lipinski definition) is 3. The van der Waals surface area contributed by atoms with Gasteiger partial charge in [-0.15, -0.1) is 0 Å². The molecular formula is C19H19ClFNO3. The van der Waals surface area contributed by atoms with Crippen molar-refractivity contribution in [3.8, 4) is 0 Å². The molecule has 1 atom stereocenters. The average Bonchev–Trinajstić information content (AvgIpc) is 2.61. The lowest BCUT2D eigenvalue weighted by molar-refractivity contribution is -0.141. The molecule has 2 aromatic carbocycles. The van der Waals surface area contributed by atoms with E-state index in [1.165, 1.54) is 31.4 Å². The van der Waals surface area contributed by atoms with Crippen molar-refractivity contribution >= 4 is 23.5 Å². The van der Waals surface area contributed by atoms with Gasteiger partial charge in [0.05, 0.1) is 19.6 Å². The molecule has 0 aliphatic rings. The number of nitrogens with one attached hydrogen (secondary N) is 1. The molecule has 25 heavy (non-hydrogen) atoms. The third-order valence-electron chi connectivity index (χ3n) is 3.79. The summed E-state index contributed by atoms with van der Waals surface area (Å²) in [5.74, 6) is -1.07. The normalized spacial score (nSPS) is 11.6. The molecule has 0 radical (unpaired) electrons. The molecule has 0 heterocycles. The quantitative estimate of drug-likeness (QED) is 0.760. The van der Waals surface area contributed by atoms with E-state index in [0.29, 0.717) is 17.0 Å². The Morgan fingerprint density at radius 2 is 1.84 bits per heavy atom. The van der Waals surface area contributed by atoms with E-state index in [1.807, 2.05) is 18.2 Å². The van der Waals surface area contributed by atoms with Crippen molar-refractivity contribution in [3.05, 3.63) is 70.5 Å². The number of methoxy groups -OCH3 is 1. The zero-order valence-electron chi connectivity index (χ0n) is 13.8. The molecule has 0 spiro atoms. The Balaban J connectivity index is 2.02. The summed E-state index contributed by atoms with van der Waals surface area (Å²) in [5, 5.41) is 3.41. The lowest BCUT2D eigenvalue weighted by atomic mass is 10.0. The summed E-state index contributed by atoms with van der Waals surface area (Å²) in [5.41, 5.74) is 1.52. The fourth-order valence-electron chi connectivity index (χ4n) is 2.41. The number of carbonyl (C=O) groups excluding carboxylic acids is 2. The molecule has 0 aliphatic carbocycles. The first-order valence-corrected chi connectivity index (χ1v) is 8.22.